The van der Waals surface area contributed by atoms with Crippen molar-refractivity contribution in [2.75, 3.05) is 6.61 Å². The first-order chi connectivity index (χ1) is 9.93. The lowest BCUT2D eigenvalue weighted by atomic mass is 10.1. The van der Waals surface area contributed by atoms with Crippen LogP contribution in [0.3, 0.4) is 0 Å². The predicted octanol–water partition coefficient (Wildman–Crippen LogP) is 1.42. The summed E-state index contributed by atoms with van der Waals surface area (Å²) in [7, 11) is 1.82. The number of nitrogens with zero attached hydrogens (tertiary/aromatic N) is 3. The Kier molecular flexibility index (Phi) is 4.26. The molecule has 0 unspecified atom stereocenters. The number of ether oxygens (including phenoxy) is 1. The highest BCUT2D eigenvalue weighted by Crippen LogP contribution is 2.14. The Hall–Kier alpha value is -2.37. The van der Waals surface area contributed by atoms with E-state index in [2.05, 4.69) is 5.10 Å². The molecule has 0 bridgehead atoms. The van der Waals surface area contributed by atoms with Gasteiger partial charge in [-0.05, 0) is 32.4 Å². The lowest BCUT2D eigenvalue weighted by Gasteiger charge is -2.14. The van der Waals surface area contributed by atoms with Crippen molar-refractivity contribution < 1.29 is 9.53 Å². The molecule has 0 atom stereocenters. The molecule has 0 aliphatic rings. The van der Waals surface area contributed by atoms with Crippen LogP contribution in [-0.2, 0) is 18.3 Å². The number of carbonyl (C=O) groups is 1. The van der Waals surface area contributed by atoms with Gasteiger partial charge in [-0.3, -0.25) is 9.48 Å². The van der Waals surface area contributed by atoms with Crippen LogP contribution in [0.5, 0.6) is 0 Å². The van der Waals surface area contributed by atoms with E-state index in [9.17, 15) is 9.59 Å². The molecule has 0 aliphatic carbocycles. The van der Waals surface area contributed by atoms with Crippen LogP contribution in [0.4, 0.5) is 0 Å². The summed E-state index contributed by atoms with van der Waals surface area (Å²) in [5, 5.41) is 4.26. The summed E-state index contributed by atoms with van der Waals surface area (Å²) in [6.07, 6.45) is 1.82. The first-order valence-electron chi connectivity index (χ1n) is 6.80. The Morgan fingerprint density at radius 2 is 2.10 bits per heavy atom. The highest BCUT2D eigenvalue weighted by Gasteiger charge is 2.18. The molecule has 6 nitrogen and oxygen atoms in total. The van der Waals surface area contributed by atoms with Crippen LogP contribution in [0.2, 0.25) is 0 Å². The van der Waals surface area contributed by atoms with Gasteiger partial charge in [-0.15, -0.1) is 0 Å². The van der Waals surface area contributed by atoms with Crippen LogP contribution in [0.15, 0.2) is 23.1 Å². The summed E-state index contributed by atoms with van der Waals surface area (Å²) in [6, 6.07) is 3.30. The average molecular weight is 289 g/mol. The van der Waals surface area contributed by atoms with Crippen molar-refractivity contribution in [1.82, 2.24) is 14.3 Å². The molecule has 0 spiro atoms. The fourth-order valence-corrected chi connectivity index (χ4v) is 2.34. The van der Waals surface area contributed by atoms with Crippen LogP contribution >= 0.6 is 0 Å². The SMILES string of the molecule is CCOC(=O)c1c(C)cc(=O)n(Cc2ccn(C)n2)c1C. The fraction of sp³-hybridized carbons (Fsp3) is 0.400. The van der Waals surface area contributed by atoms with Crippen LogP contribution in [0.1, 0.15) is 34.2 Å². The largest absolute Gasteiger partial charge is 0.462 e. The van der Waals surface area contributed by atoms with Crippen molar-refractivity contribution in [1.29, 1.82) is 0 Å². The molecule has 0 fully saturated rings. The van der Waals surface area contributed by atoms with Gasteiger partial charge in [0.05, 0.1) is 24.4 Å². The molecule has 2 rings (SSSR count). The third-order valence-electron chi connectivity index (χ3n) is 3.34. The molecule has 2 heterocycles. The van der Waals surface area contributed by atoms with Gasteiger partial charge in [0.2, 0.25) is 0 Å². The lowest BCUT2D eigenvalue weighted by Crippen LogP contribution is -2.26. The minimum Gasteiger partial charge on any atom is -0.462 e. The molecule has 0 aromatic carbocycles. The molecule has 112 valence electrons. The topological polar surface area (TPSA) is 66.1 Å². The Bertz CT molecular complexity index is 728. The molecule has 21 heavy (non-hydrogen) atoms. The average Bonchev–Trinajstić information content (AvgIpc) is 2.80. The molecule has 0 radical (unpaired) electrons. The van der Waals surface area contributed by atoms with Crippen molar-refractivity contribution >= 4 is 5.97 Å². The van der Waals surface area contributed by atoms with Gasteiger partial charge in [0, 0.05) is 25.0 Å². The summed E-state index contributed by atoms with van der Waals surface area (Å²) in [4.78, 5) is 24.2. The zero-order chi connectivity index (χ0) is 15.6. The molecule has 0 aliphatic heterocycles. The molecule has 0 saturated heterocycles. The Labute approximate surface area is 123 Å². The second kappa shape index (κ2) is 5.95. The highest BCUT2D eigenvalue weighted by atomic mass is 16.5. The van der Waals surface area contributed by atoms with E-state index in [0.717, 1.165) is 5.69 Å². The van der Waals surface area contributed by atoms with Crippen molar-refractivity contribution in [3.63, 3.8) is 0 Å². The Morgan fingerprint density at radius 1 is 1.38 bits per heavy atom. The summed E-state index contributed by atoms with van der Waals surface area (Å²) >= 11 is 0. The summed E-state index contributed by atoms with van der Waals surface area (Å²) in [6.45, 7) is 5.89. The minimum atomic E-state index is -0.401. The molecular weight excluding hydrogens is 270 g/mol. The maximum absolute atomic E-state index is 12.2. The maximum Gasteiger partial charge on any atom is 0.340 e. The number of aromatic nitrogens is 3. The van der Waals surface area contributed by atoms with Crippen molar-refractivity contribution in [2.24, 2.45) is 7.05 Å². The Morgan fingerprint density at radius 3 is 2.67 bits per heavy atom. The van der Waals surface area contributed by atoms with Crippen LogP contribution in [0, 0.1) is 13.8 Å². The second-order valence-electron chi connectivity index (χ2n) is 4.91. The molecule has 0 saturated carbocycles. The molecule has 0 N–H and O–H groups in total. The van der Waals surface area contributed by atoms with Crippen molar-refractivity contribution in [2.45, 2.75) is 27.3 Å². The molecule has 6 heteroatoms. The van der Waals surface area contributed by atoms with E-state index in [1.807, 2.05) is 19.3 Å². The van der Waals surface area contributed by atoms with Crippen LogP contribution < -0.4 is 5.56 Å². The van der Waals surface area contributed by atoms with E-state index in [1.165, 1.54) is 6.07 Å². The lowest BCUT2D eigenvalue weighted by molar-refractivity contribution is 0.0523. The van der Waals surface area contributed by atoms with Crippen LogP contribution in [0.25, 0.3) is 0 Å². The van der Waals surface area contributed by atoms with E-state index in [4.69, 9.17) is 4.74 Å². The van der Waals surface area contributed by atoms with Gasteiger partial charge >= 0.3 is 5.97 Å². The van der Waals surface area contributed by atoms with Gasteiger partial charge in [0.25, 0.3) is 5.56 Å². The predicted molar refractivity (Wildman–Crippen MR) is 78.4 cm³/mol. The summed E-state index contributed by atoms with van der Waals surface area (Å²) in [5.74, 6) is -0.401. The Balaban J connectivity index is 2.48. The van der Waals surface area contributed by atoms with Gasteiger partial charge in [-0.25, -0.2) is 4.79 Å². The zero-order valence-corrected chi connectivity index (χ0v) is 12.7. The third kappa shape index (κ3) is 3.04. The number of hydrogen-bond donors (Lipinski definition) is 0. The fourth-order valence-electron chi connectivity index (χ4n) is 2.34. The third-order valence-corrected chi connectivity index (χ3v) is 3.34. The van der Waals surface area contributed by atoms with E-state index < -0.39 is 5.97 Å². The van der Waals surface area contributed by atoms with E-state index in [1.54, 1.807) is 30.0 Å². The molecule has 2 aromatic heterocycles. The minimum absolute atomic E-state index is 0.149. The number of carbonyl (C=O) groups excluding carboxylic acids is 1. The summed E-state index contributed by atoms with van der Waals surface area (Å²) in [5.41, 5.74) is 2.30. The molecular formula is C15H19N3O3. The van der Waals surface area contributed by atoms with Gasteiger partial charge < -0.3 is 9.30 Å². The quantitative estimate of drug-likeness (QED) is 0.799. The number of rotatable bonds is 4. The van der Waals surface area contributed by atoms with E-state index >= 15 is 0 Å². The highest BCUT2D eigenvalue weighted by molar-refractivity contribution is 5.92. The number of pyridine rings is 1. The first-order valence-corrected chi connectivity index (χ1v) is 6.80. The molecule has 2 aromatic rings. The van der Waals surface area contributed by atoms with Gasteiger partial charge in [-0.2, -0.15) is 5.10 Å². The standard InChI is InChI=1S/C15H19N3O3/c1-5-21-15(20)14-10(2)8-13(19)18(11(14)3)9-12-6-7-17(4)16-12/h6-8H,5,9H2,1-4H3. The maximum atomic E-state index is 12.2. The second-order valence-corrected chi connectivity index (χ2v) is 4.91. The zero-order valence-electron chi connectivity index (χ0n) is 12.7. The normalized spacial score (nSPS) is 10.7. The number of aryl methyl sites for hydroxylation is 2. The number of hydrogen-bond acceptors (Lipinski definition) is 4. The van der Waals surface area contributed by atoms with Crippen LogP contribution in [-0.4, -0.2) is 26.9 Å². The number of esters is 1. The van der Waals surface area contributed by atoms with E-state index in [-0.39, 0.29) is 5.56 Å². The molecule has 0 amide bonds. The monoisotopic (exact) mass is 289 g/mol. The van der Waals surface area contributed by atoms with Gasteiger partial charge in [-0.1, -0.05) is 0 Å². The first kappa shape index (κ1) is 15.0. The van der Waals surface area contributed by atoms with E-state index in [0.29, 0.717) is 30.0 Å². The van der Waals surface area contributed by atoms with Gasteiger partial charge in [0.15, 0.2) is 0 Å². The summed E-state index contributed by atoms with van der Waals surface area (Å²) < 4.78 is 8.28. The smallest absolute Gasteiger partial charge is 0.340 e. The van der Waals surface area contributed by atoms with Crippen molar-refractivity contribution in [3.8, 4) is 0 Å². The van der Waals surface area contributed by atoms with Crippen molar-refractivity contribution in [3.05, 3.63) is 51.2 Å². The van der Waals surface area contributed by atoms with Gasteiger partial charge in [0.1, 0.15) is 0 Å².